The molecular weight excluding hydrogens is 374 g/mol. The summed E-state index contributed by atoms with van der Waals surface area (Å²) in [5.41, 5.74) is 3.15. The molecule has 1 N–H and O–H groups in total. The van der Waals surface area contributed by atoms with Gasteiger partial charge in [-0.25, -0.2) is 4.79 Å². The molecule has 1 heterocycles. The van der Waals surface area contributed by atoms with E-state index in [9.17, 15) is 4.79 Å². The fraction of sp³-hybridized carbons (Fsp3) is 0.571. The van der Waals surface area contributed by atoms with Crippen LogP contribution in [0.5, 0.6) is 0 Å². The first-order chi connectivity index (χ1) is 13.1. The second-order valence-electron chi connectivity index (χ2n) is 8.13. The highest BCUT2D eigenvalue weighted by atomic mass is 32.2. The Balaban J connectivity index is 2.08. The van der Waals surface area contributed by atoms with Crippen LogP contribution in [0.3, 0.4) is 0 Å². The number of carbonyl (C=O) groups excluding carboxylic acids is 1. The van der Waals surface area contributed by atoms with Gasteiger partial charge in [0.05, 0.1) is 0 Å². The predicted molar refractivity (Wildman–Crippen MR) is 111 cm³/mol. The van der Waals surface area contributed by atoms with E-state index in [-0.39, 0.29) is 12.0 Å². The summed E-state index contributed by atoms with van der Waals surface area (Å²) in [5, 5.41) is 11.7. The number of aryl methyl sites for hydroxylation is 2. The Morgan fingerprint density at radius 1 is 1.29 bits per heavy atom. The number of hydrogen-bond donors (Lipinski definition) is 1. The smallest absolute Gasteiger partial charge is 0.408 e. The quantitative estimate of drug-likeness (QED) is 0.605. The number of carbonyl (C=O) groups is 1. The second kappa shape index (κ2) is 9.45. The maximum Gasteiger partial charge on any atom is 0.408 e. The van der Waals surface area contributed by atoms with Crippen molar-refractivity contribution in [1.82, 2.24) is 15.5 Å². The Labute approximate surface area is 171 Å². The summed E-state index contributed by atoms with van der Waals surface area (Å²) in [6, 6.07) is 6.01. The maximum atomic E-state index is 12.2. The largest absolute Gasteiger partial charge is 0.444 e. The average Bonchev–Trinajstić information content (AvgIpc) is 3.07. The number of ether oxygens (including phenoxy) is 1. The molecule has 2 aromatic rings. The van der Waals surface area contributed by atoms with Crippen molar-refractivity contribution < 1.29 is 13.9 Å². The molecule has 0 fully saturated rings. The first-order valence-corrected chi connectivity index (χ1v) is 10.6. The van der Waals surface area contributed by atoms with E-state index < -0.39 is 11.7 Å². The maximum absolute atomic E-state index is 12.2. The minimum absolute atomic E-state index is 0.129. The minimum atomic E-state index is -0.564. The van der Waals surface area contributed by atoms with E-state index in [4.69, 9.17) is 9.15 Å². The molecular formula is C21H31N3O3S. The molecule has 0 aliphatic rings. The Bertz CT molecular complexity index is 798. The Morgan fingerprint density at radius 3 is 2.64 bits per heavy atom. The fourth-order valence-corrected chi connectivity index (χ4v) is 3.45. The van der Waals surface area contributed by atoms with Gasteiger partial charge in [-0.3, -0.25) is 0 Å². The zero-order valence-electron chi connectivity index (χ0n) is 17.8. The van der Waals surface area contributed by atoms with Crippen molar-refractivity contribution in [2.75, 3.05) is 0 Å². The number of benzene rings is 1. The number of alkyl carbamates (subject to hydrolysis) is 1. The van der Waals surface area contributed by atoms with E-state index in [0.717, 1.165) is 12.2 Å². The molecule has 0 aliphatic heterocycles. The van der Waals surface area contributed by atoms with E-state index in [1.165, 1.54) is 28.5 Å². The van der Waals surface area contributed by atoms with Gasteiger partial charge in [0, 0.05) is 5.75 Å². The van der Waals surface area contributed by atoms with E-state index in [1.54, 1.807) is 0 Å². The lowest BCUT2D eigenvalue weighted by atomic mass is 9.99. The van der Waals surface area contributed by atoms with Crippen molar-refractivity contribution in [2.24, 2.45) is 5.92 Å². The number of hydrogen-bond acceptors (Lipinski definition) is 6. The van der Waals surface area contributed by atoms with Crippen molar-refractivity contribution in [3.05, 3.63) is 40.8 Å². The van der Waals surface area contributed by atoms with E-state index in [0.29, 0.717) is 11.1 Å². The molecule has 2 atom stereocenters. The summed E-state index contributed by atoms with van der Waals surface area (Å²) in [6.45, 7) is 13.8. The van der Waals surface area contributed by atoms with Crippen LogP contribution in [0.25, 0.3) is 0 Å². The standard InChI is InChI=1S/C21H31N3O3S/c1-8-14(3)17(22-19(25)27-21(5,6)7)18-23-24-20(26-18)28-12-16-11-13(2)9-10-15(16)4/h9-11,14,17H,8,12H2,1-7H3,(H,22,25)/t14-,17+/m0/s1. The number of aromatic nitrogens is 2. The Hall–Kier alpha value is -2.02. The summed E-state index contributed by atoms with van der Waals surface area (Å²) >= 11 is 1.50. The molecule has 0 bridgehead atoms. The van der Waals surface area contributed by atoms with Crippen molar-refractivity contribution >= 4 is 17.9 Å². The molecule has 1 amide bonds. The fourth-order valence-electron chi connectivity index (χ4n) is 2.62. The molecule has 0 saturated heterocycles. The molecule has 1 aromatic heterocycles. The van der Waals surface area contributed by atoms with Gasteiger partial charge >= 0.3 is 6.09 Å². The van der Waals surface area contributed by atoms with Crippen LogP contribution in [0.15, 0.2) is 27.8 Å². The summed E-state index contributed by atoms with van der Waals surface area (Å²) in [4.78, 5) is 12.2. The molecule has 0 spiro atoms. The number of nitrogens with one attached hydrogen (secondary N) is 1. The first kappa shape index (κ1) is 22.3. The van der Waals surface area contributed by atoms with Crippen LogP contribution in [0.1, 0.15) is 69.7 Å². The lowest BCUT2D eigenvalue weighted by Gasteiger charge is -2.24. The number of thioether (sulfide) groups is 1. The third-order valence-corrected chi connectivity index (χ3v) is 5.30. The normalized spacial score (nSPS) is 13.8. The Morgan fingerprint density at radius 2 is 2.00 bits per heavy atom. The zero-order valence-corrected chi connectivity index (χ0v) is 18.6. The van der Waals surface area contributed by atoms with Crippen molar-refractivity contribution in [1.29, 1.82) is 0 Å². The van der Waals surface area contributed by atoms with Crippen molar-refractivity contribution in [2.45, 2.75) is 77.5 Å². The van der Waals surface area contributed by atoms with Crippen LogP contribution in [-0.4, -0.2) is 21.9 Å². The monoisotopic (exact) mass is 405 g/mol. The molecule has 28 heavy (non-hydrogen) atoms. The van der Waals surface area contributed by atoms with Gasteiger partial charge in [0.25, 0.3) is 5.22 Å². The molecule has 0 aliphatic carbocycles. The van der Waals surface area contributed by atoms with Gasteiger partial charge < -0.3 is 14.5 Å². The van der Waals surface area contributed by atoms with Gasteiger partial charge in [-0.05, 0) is 51.7 Å². The number of rotatable bonds is 7. The topological polar surface area (TPSA) is 77.2 Å². The highest BCUT2D eigenvalue weighted by Gasteiger charge is 2.28. The van der Waals surface area contributed by atoms with Gasteiger partial charge in [-0.2, -0.15) is 0 Å². The van der Waals surface area contributed by atoms with Gasteiger partial charge in [0.15, 0.2) is 0 Å². The summed E-state index contributed by atoms with van der Waals surface area (Å²) in [7, 11) is 0. The summed E-state index contributed by atoms with van der Waals surface area (Å²) < 4.78 is 11.2. The Kier molecular flexibility index (Phi) is 7.52. The predicted octanol–water partition coefficient (Wildman–Crippen LogP) is 5.59. The molecule has 6 nitrogen and oxygen atoms in total. The minimum Gasteiger partial charge on any atom is -0.444 e. The van der Waals surface area contributed by atoms with Gasteiger partial charge in [-0.15, -0.1) is 10.2 Å². The molecule has 0 radical (unpaired) electrons. The molecule has 1 aromatic carbocycles. The third-order valence-electron chi connectivity index (χ3n) is 4.43. The first-order valence-electron chi connectivity index (χ1n) is 9.61. The highest BCUT2D eigenvalue weighted by molar-refractivity contribution is 7.98. The number of amides is 1. The molecule has 0 saturated carbocycles. The van der Waals surface area contributed by atoms with E-state index in [2.05, 4.69) is 54.5 Å². The van der Waals surface area contributed by atoms with Crippen LogP contribution >= 0.6 is 11.8 Å². The zero-order chi connectivity index (χ0) is 20.9. The van der Waals surface area contributed by atoms with Gasteiger partial charge in [0.2, 0.25) is 5.89 Å². The summed E-state index contributed by atoms with van der Waals surface area (Å²) in [5.74, 6) is 1.29. The van der Waals surface area contributed by atoms with Crippen LogP contribution < -0.4 is 5.32 Å². The molecule has 2 rings (SSSR count). The van der Waals surface area contributed by atoms with Crippen LogP contribution in [0, 0.1) is 19.8 Å². The molecule has 0 unspecified atom stereocenters. The third kappa shape index (κ3) is 6.55. The van der Waals surface area contributed by atoms with Crippen LogP contribution in [0.4, 0.5) is 4.79 Å². The van der Waals surface area contributed by atoms with Crippen molar-refractivity contribution in [3.63, 3.8) is 0 Å². The highest BCUT2D eigenvalue weighted by Crippen LogP contribution is 2.29. The van der Waals surface area contributed by atoms with E-state index >= 15 is 0 Å². The van der Waals surface area contributed by atoms with Crippen LogP contribution in [0.2, 0.25) is 0 Å². The van der Waals surface area contributed by atoms with Crippen molar-refractivity contribution in [3.8, 4) is 0 Å². The van der Waals surface area contributed by atoms with Gasteiger partial charge in [0.1, 0.15) is 11.6 Å². The van der Waals surface area contributed by atoms with Gasteiger partial charge in [-0.1, -0.05) is 55.8 Å². The average molecular weight is 406 g/mol. The van der Waals surface area contributed by atoms with E-state index in [1.807, 2.05) is 27.7 Å². The van der Waals surface area contributed by atoms with Crippen LogP contribution in [-0.2, 0) is 10.5 Å². The lowest BCUT2D eigenvalue weighted by molar-refractivity contribution is 0.0474. The molecule has 7 heteroatoms. The number of nitrogens with zero attached hydrogens (tertiary/aromatic N) is 2. The SMILES string of the molecule is CC[C@H](C)[C@@H](NC(=O)OC(C)(C)C)c1nnc(SCc2cc(C)ccc2C)o1. The second-order valence-corrected chi connectivity index (χ2v) is 9.06. The molecule has 154 valence electrons. The lowest BCUT2D eigenvalue weighted by Crippen LogP contribution is -2.37. The summed E-state index contributed by atoms with van der Waals surface area (Å²) in [6.07, 6.45) is 0.369.